The zero-order chi connectivity index (χ0) is 24.8. The van der Waals surface area contributed by atoms with Crippen LogP contribution in [0.25, 0.3) is 0 Å². The molecule has 2 aromatic carbocycles. The number of furan rings is 1. The van der Waals surface area contributed by atoms with Gasteiger partial charge in [0.25, 0.3) is 17.7 Å². The molecule has 10 heteroatoms. The zero-order valence-corrected chi connectivity index (χ0v) is 18.9. The van der Waals surface area contributed by atoms with Crippen molar-refractivity contribution in [2.75, 3.05) is 36.6 Å². The molecule has 0 unspecified atom stereocenters. The van der Waals surface area contributed by atoms with Gasteiger partial charge in [-0.3, -0.25) is 24.1 Å². The average Bonchev–Trinajstić information content (AvgIpc) is 3.41. The molecule has 0 saturated heterocycles. The van der Waals surface area contributed by atoms with Crippen molar-refractivity contribution < 1.29 is 33.1 Å². The monoisotopic (exact) mass is 477 g/mol. The van der Waals surface area contributed by atoms with E-state index in [2.05, 4.69) is 5.32 Å². The first-order valence-electron chi connectivity index (χ1n) is 10.8. The quantitative estimate of drug-likeness (QED) is 0.494. The second-order valence-corrected chi connectivity index (χ2v) is 7.63. The number of hydrogen-bond donors (Lipinski definition) is 1. The lowest BCUT2D eigenvalue weighted by Gasteiger charge is -2.28. The lowest BCUT2D eigenvalue weighted by atomic mass is 10.1. The van der Waals surface area contributed by atoms with E-state index in [1.807, 2.05) is 0 Å². The van der Waals surface area contributed by atoms with Gasteiger partial charge in [0.1, 0.15) is 18.1 Å². The van der Waals surface area contributed by atoms with Crippen LogP contribution in [0.3, 0.4) is 0 Å². The van der Waals surface area contributed by atoms with E-state index in [4.69, 9.17) is 13.9 Å². The molecule has 3 amide bonds. The summed E-state index contributed by atoms with van der Waals surface area (Å²) in [6.45, 7) is -0.913. The van der Waals surface area contributed by atoms with E-state index in [1.165, 1.54) is 23.1 Å². The molecule has 1 N–H and O–H groups in total. The molecule has 3 aromatic rings. The van der Waals surface area contributed by atoms with Gasteiger partial charge in [-0.1, -0.05) is 24.3 Å². The Bertz CT molecular complexity index is 1240. The summed E-state index contributed by atoms with van der Waals surface area (Å²) in [6.07, 6.45) is 1.51. The largest absolute Gasteiger partial charge is 0.482 e. The van der Waals surface area contributed by atoms with Crippen LogP contribution in [0.4, 0.5) is 11.4 Å². The molecule has 0 bridgehead atoms. The van der Waals surface area contributed by atoms with Crippen molar-refractivity contribution in [2.45, 2.75) is 6.54 Å². The number of nitrogens with one attached hydrogen (secondary N) is 1. The van der Waals surface area contributed by atoms with E-state index in [-0.39, 0.29) is 25.3 Å². The van der Waals surface area contributed by atoms with Gasteiger partial charge in [0, 0.05) is 7.05 Å². The summed E-state index contributed by atoms with van der Waals surface area (Å²) in [6, 6.07) is 16.9. The molecular formula is C25H23N3O7. The highest BCUT2D eigenvalue weighted by molar-refractivity contribution is 6.05. The van der Waals surface area contributed by atoms with Crippen molar-refractivity contribution >= 4 is 35.1 Å². The molecule has 180 valence electrons. The molecule has 0 fully saturated rings. The number of rotatable bonds is 8. The molecule has 0 atom stereocenters. The highest BCUT2D eigenvalue weighted by Gasteiger charge is 2.28. The number of carbonyl (C=O) groups is 4. The summed E-state index contributed by atoms with van der Waals surface area (Å²) in [4.78, 5) is 52.5. The van der Waals surface area contributed by atoms with Crippen LogP contribution in [-0.4, -0.2) is 50.5 Å². The summed E-state index contributed by atoms with van der Waals surface area (Å²) in [7, 11) is 1.48. The van der Waals surface area contributed by atoms with Gasteiger partial charge in [0.15, 0.2) is 13.2 Å². The van der Waals surface area contributed by atoms with Crippen molar-refractivity contribution in [3.63, 3.8) is 0 Å². The first kappa shape index (κ1) is 23.6. The lowest BCUT2D eigenvalue weighted by molar-refractivity contribution is -0.147. The molecule has 0 spiro atoms. The van der Waals surface area contributed by atoms with E-state index in [0.29, 0.717) is 22.9 Å². The van der Waals surface area contributed by atoms with Crippen LogP contribution in [0.15, 0.2) is 71.3 Å². The Balaban J connectivity index is 1.35. The van der Waals surface area contributed by atoms with Crippen LogP contribution in [0.5, 0.6) is 5.75 Å². The number of ether oxygens (including phenoxy) is 2. The fourth-order valence-electron chi connectivity index (χ4n) is 3.51. The predicted octanol–water partition coefficient (Wildman–Crippen LogP) is 2.14. The maximum absolute atomic E-state index is 12.7. The van der Waals surface area contributed by atoms with Crippen LogP contribution in [0.1, 0.15) is 16.1 Å². The van der Waals surface area contributed by atoms with Gasteiger partial charge in [0.05, 0.1) is 29.7 Å². The van der Waals surface area contributed by atoms with Gasteiger partial charge in [-0.2, -0.15) is 0 Å². The first-order chi connectivity index (χ1) is 16.9. The minimum Gasteiger partial charge on any atom is -0.482 e. The Labute approximate surface area is 201 Å². The summed E-state index contributed by atoms with van der Waals surface area (Å²) in [5, 5.41) is 2.74. The number of hydrogen-bond acceptors (Lipinski definition) is 7. The van der Waals surface area contributed by atoms with Crippen molar-refractivity contribution in [1.29, 1.82) is 0 Å². The van der Waals surface area contributed by atoms with E-state index in [9.17, 15) is 19.2 Å². The number of anilines is 2. The van der Waals surface area contributed by atoms with E-state index in [1.54, 1.807) is 60.7 Å². The lowest BCUT2D eigenvalue weighted by Crippen LogP contribution is -2.43. The van der Waals surface area contributed by atoms with Crippen molar-refractivity contribution in [1.82, 2.24) is 5.32 Å². The molecule has 0 radical (unpaired) electrons. The third-order valence-corrected chi connectivity index (χ3v) is 5.34. The Morgan fingerprint density at radius 2 is 1.83 bits per heavy atom. The fourth-order valence-corrected chi connectivity index (χ4v) is 3.51. The zero-order valence-electron chi connectivity index (χ0n) is 18.9. The van der Waals surface area contributed by atoms with Crippen molar-refractivity contribution in [2.24, 2.45) is 0 Å². The van der Waals surface area contributed by atoms with Crippen LogP contribution >= 0.6 is 0 Å². The van der Waals surface area contributed by atoms with Gasteiger partial charge in [-0.15, -0.1) is 0 Å². The normalized spacial score (nSPS) is 12.4. The van der Waals surface area contributed by atoms with Crippen LogP contribution in [-0.2, 0) is 25.7 Å². The smallest absolute Gasteiger partial charge is 0.326 e. The molecular weight excluding hydrogens is 454 g/mol. The second kappa shape index (κ2) is 10.6. The Hall–Kier alpha value is -4.60. The molecule has 10 nitrogen and oxygen atoms in total. The second-order valence-electron chi connectivity index (χ2n) is 7.63. The number of esters is 1. The number of para-hydroxylation sites is 3. The van der Waals surface area contributed by atoms with Crippen LogP contribution < -0.4 is 19.9 Å². The molecule has 4 rings (SSSR count). The Kier molecular flexibility index (Phi) is 7.10. The molecule has 1 aliphatic rings. The van der Waals surface area contributed by atoms with Crippen LogP contribution in [0.2, 0.25) is 0 Å². The standard InChI is InChI=1S/C25H23N3O7/c1-27(19-9-3-2-8-18(19)25(32)26-13-17-7-6-12-33-17)22(29)15-35-24(31)14-28-20-10-4-5-11-21(20)34-16-23(28)30/h2-12H,13-16H2,1H3,(H,26,32). The SMILES string of the molecule is CN(C(=O)COC(=O)CN1C(=O)COc2ccccc21)c1ccccc1C(=O)NCc1ccco1. The molecule has 2 heterocycles. The van der Waals surface area contributed by atoms with Crippen molar-refractivity contribution in [3.8, 4) is 5.75 Å². The summed E-state index contributed by atoms with van der Waals surface area (Å²) in [5.74, 6) is -0.998. The third kappa shape index (κ3) is 5.49. The molecule has 0 saturated carbocycles. The highest BCUT2D eigenvalue weighted by atomic mass is 16.5. The molecule has 1 aliphatic heterocycles. The van der Waals surface area contributed by atoms with E-state index < -0.39 is 30.3 Å². The average molecular weight is 477 g/mol. The van der Waals surface area contributed by atoms with Crippen LogP contribution in [0, 0.1) is 0 Å². The Morgan fingerprint density at radius 3 is 2.63 bits per heavy atom. The fraction of sp³-hybridized carbons (Fsp3) is 0.200. The molecule has 0 aliphatic carbocycles. The minimum atomic E-state index is -0.749. The number of nitrogens with zero attached hydrogens (tertiary/aromatic N) is 2. The van der Waals surface area contributed by atoms with Gasteiger partial charge in [-0.25, -0.2) is 0 Å². The number of carbonyl (C=O) groups excluding carboxylic acids is 4. The van der Waals surface area contributed by atoms with Gasteiger partial charge in [-0.05, 0) is 36.4 Å². The maximum Gasteiger partial charge on any atom is 0.326 e. The highest BCUT2D eigenvalue weighted by Crippen LogP contribution is 2.31. The van der Waals surface area contributed by atoms with Gasteiger partial charge >= 0.3 is 5.97 Å². The number of fused-ring (bicyclic) bond motifs is 1. The minimum absolute atomic E-state index is 0.190. The Morgan fingerprint density at radius 1 is 1.06 bits per heavy atom. The number of likely N-dealkylation sites (N-methyl/N-ethyl adjacent to an activating group) is 1. The predicted molar refractivity (Wildman–Crippen MR) is 125 cm³/mol. The summed E-state index contributed by atoms with van der Waals surface area (Å²) in [5.41, 5.74) is 1.08. The van der Waals surface area contributed by atoms with Gasteiger partial charge in [0.2, 0.25) is 0 Å². The first-order valence-corrected chi connectivity index (χ1v) is 10.8. The number of amides is 3. The molecule has 1 aromatic heterocycles. The molecule has 35 heavy (non-hydrogen) atoms. The van der Waals surface area contributed by atoms with Crippen molar-refractivity contribution in [3.05, 3.63) is 78.3 Å². The summed E-state index contributed by atoms with van der Waals surface area (Å²) < 4.78 is 15.7. The van der Waals surface area contributed by atoms with E-state index in [0.717, 1.165) is 0 Å². The number of benzene rings is 2. The van der Waals surface area contributed by atoms with E-state index >= 15 is 0 Å². The van der Waals surface area contributed by atoms with Gasteiger partial charge < -0.3 is 24.1 Å². The summed E-state index contributed by atoms with van der Waals surface area (Å²) >= 11 is 0. The maximum atomic E-state index is 12.7. The topological polar surface area (TPSA) is 118 Å². The third-order valence-electron chi connectivity index (χ3n) is 5.34.